The normalized spacial score (nSPS) is 21.8. The van der Waals surface area contributed by atoms with E-state index in [1.54, 1.807) is 0 Å². The molecule has 0 saturated carbocycles. The summed E-state index contributed by atoms with van der Waals surface area (Å²) in [6, 6.07) is 20.0. The highest BCUT2D eigenvalue weighted by Crippen LogP contribution is 2.31. The van der Waals surface area contributed by atoms with Gasteiger partial charge in [-0.25, -0.2) is 0 Å². The molecule has 1 unspecified atom stereocenters. The average Bonchev–Trinajstić information content (AvgIpc) is 2.62. The maximum atomic E-state index is 5.86. The fraction of sp³-hybridized carbons (Fsp3) is 0.520. The second-order valence-corrected chi connectivity index (χ2v) is 8.97. The number of nitrogens with zero attached hydrogens (tertiary/aromatic N) is 1. The molecule has 3 atom stereocenters. The molecule has 154 valence electrons. The Bertz CT molecular complexity index is 703. The predicted molar refractivity (Wildman–Crippen MR) is 122 cm³/mol. The summed E-state index contributed by atoms with van der Waals surface area (Å²) in [6.07, 6.45) is 1.83. The zero-order chi connectivity index (χ0) is 19.4. The Balaban J connectivity index is 0.00000280. The highest BCUT2D eigenvalue weighted by molar-refractivity contribution is 5.85. The first-order chi connectivity index (χ1) is 12.8. The van der Waals surface area contributed by atoms with Crippen LogP contribution in [0.3, 0.4) is 0 Å². The number of rotatable bonds is 6. The third kappa shape index (κ3) is 5.83. The summed E-state index contributed by atoms with van der Waals surface area (Å²) in [5.74, 6) is 0.649. The van der Waals surface area contributed by atoms with Gasteiger partial charge in [-0.1, -0.05) is 75.4 Å². The van der Waals surface area contributed by atoms with Gasteiger partial charge in [-0.05, 0) is 42.9 Å². The van der Waals surface area contributed by atoms with Crippen molar-refractivity contribution in [1.29, 1.82) is 0 Å². The van der Waals surface area contributed by atoms with Gasteiger partial charge in [0.15, 0.2) is 0 Å². The molecule has 28 heavy (non-hydrogen) atoms. The molecule has 2 aromatic carbocycles. The van der Waals surface area contributed by atoms with Crippen molar-refractivity contribution in [2.75, 3.05) is 19.6 Å². The van der Waals surface area contributed by atoms with Crippen molar-refractivity contribution in [2.24, 2.45) is 5.92 Å². The van der Waals surface area contributed by atoms with Crippen LogP contribution in [0.15, 0.2) is 54.6 Å². The molecule has 3 rings (SSSR count). The highest BCUT2D eigenvalue weighted by atomic mass is 35.5. The lowest BCUT2D eigenvalue weighted by Crippen LogP contribution is -2.47. The van der Waals surface area contributed by atoms with Crippen LogP contribution in [0.4, 0.5) is 0 Å². The van der Waals surface area contributed by atoms with Crippen molar-refractivity contribution < 1.29 is 4.74 Å². The van der Waals surface area contributed by atoms with Gasteiger partial charge in [0.2, 0.25) is 0 Å². The molecule has 0 aromatic heterocycles. The van der Waals surface area contributed by atoms with Crippen LogP contribution in [-0.4, -0.2) is 36.7 Å². The van der Waals surface area contributed by atoms with Crippen LogP contribution in [0.25, 0.3) is 0 Å². The van der Waals surface area contributed by atoms with Crippen molar-refractivity contribution in [3.63, 3.8) is 0 Å². The Kier molecular flexibility index (Phi) is 8.12. The summed E-state index contributed by atoms with van der Waals surface area (Å²) in [5, 5.41) is 0. The largest absolute Gasteiger partial charge is 0.373 e. The first-order valence-corrected chi connectivity index (χ1v) is 10.4. The van der Waals surface area contributed by atoms with E-state index in [0.717, 1.165) is 26.1 Å². The maximum Gasteiger partial charge on any atom is 0.0678 e. The van der Waals surface area contributed by atoms with Crippen LogP contribution in [0.2, 0.25) is 0 Å². The van der Waals surface area contributed by atoms with E-state index in [4.69, 9.17) is 4.74 Å². The molecule has 0 spiro atoms. The van der Waals surface area contributed by atoms with Gasteiger partial charge in [-0.2, -0.15) is 0 Å². The minimum Gasteiger partial charge on any atom is -0.373 e. The molecule has 1 saturated heterocycles. The van der Waals surface area contributed by atoms with E-state index in [1.807, 2.05) is 0 Å². The molecule has 0 radical (unpaired) electrons. The third-order valence-electron chi connectivity index (χ3n) is 5.82. The third-order valence-corrected chi connectivity index (χ3v) is 5.82. The minimum absolute atomic E-state index is 0. The van der Waals surface area contributed by atoms with E-state index in [2.05, 4.69) is 94.1 Å². The second-order valence-electron chi connectivity index (χ2n) is 8.97. The summed E-state index contributed by atoms with van der Waals surface area (Å²) in [7, 11) is 0. The monoisotopic (exact) mass is 401 g/mol. The van der Waals surface area contributed by atoms with Gasteiger partial charge in [0.05, 0.1) is 12.2 Å². The molecular formula is C25H36ClNO. The van der Waals surface area contributed by atoms with Crippen molar-refractivity contribution in [3.05, 3.63) is 71.3 Å². The van der Waals surface area contributed by atoms with Crippen LogP contribution >= 0.6 is 12.4 Å². The maximum absolute atomic E-state index is 5.86. The molecule has 1 heterocycles. The fourth-order valence-corrected chi connectivity index (χ4v) is 4.42. The Morgan fingerprint density at radius 1 is 0.929 bits per heavy atom. The predicted octanol–water partition coefficient (Wildman–Crippen LogP) is 5.72. The number of morpholine rings is 1. The van der Waals surface area contributed by atoms with E-state index < -0.39 is 0 Å². The Labute approximate surface area is 177 Å². The van der Waals surface area contributed by atoms with Crippen molar-refractivity contribution in [1.82, 2.24) is 4.90 Å². The first-order valence-electron chi connectivity index (χ1n) is 10.4. The lowest BCUT2D eigenvalue weighted by molar-refractivity contribution is -0.0708. The van der Waals surface area contributed by atoms with Gasteiger partial charge in [0.1, 0.15) is 0 Å². The summed E-state index contributed by atoms with van der Waals surface area (Å²) in [4.78, 5) is 2.57. The number of ether oxygens (including phenoxy) is 1. The Morgan fingerprint density at radius 3 is 2.04 bits per heavy atom. The minimum atomic E-state index is 0. The van der Waals surface area contributed by atoms with Crippen LogP contribution in [0.5, 0.6) is 0 Å². The highest BCUT2D eigenvalue weighted by Gasteiger charge is 2.24. The van der Waals surface area contributed by atoms with Gasteiger partial charge < -0.3 is 4.74 Å². The first kappa shape index (κ1) is 22.9. The molecule has 1 aliphatic rings. The van der Waals surface area contributed by atoms with E-state index in [-0.39, 0.29) is 17.8 Å². The zero-order valence-corrected chi connectivity index (χ0v) is 18.8. The van der Waals surface area contributed by atoms with E-state index in [0.29, 0.717) is 18.1 Å². The molecule has 3 heteroatoms. The molecule has 0 aliphatic carbocycles. The van der Waals surface area contributed by atoms with Crippen LogP contribution in [0.1, 0.15) is 51.3 Å². The second kappa shape index (κ2) is 9.91. The van der Waals surface area contributed by atoms with Gasteiger partial charge in [0, 0.05) is 25.0 Å². The molecule has 2 nitrogen and oxygen atoms in total. The van der Waals surface area contributed by atoms with Gasteiger partial charge in [-0.15, -0.1) is 12.4 Å². The van der Waals surface area contributed by atoms with Crippen molar-refractivity contribution in [2.45, 2.75) is 58.7 Å². The van der Waals surface area contributed by atoms with Crippen LogP contribution in [0, 0.1) is 5.92 Å². The molecule has 0 N–H and O–H groups in total. The number of halogens is 1. The fourth-order valence-electron chi connectivity index (χ4n) is 4.42. The summed E-state index contributed by atoms with van der Waals surface area (Å²) in [5.41, 5.74) is 4.21. The molecule has 1 aliphatic heterocycles. The standard InChI is InChI=1S/C25H35NO.ClH/c1-19(16-26-17-20(2)27-21(3)18-26)15-22-11-13-24(14-12-22)25(4,5)23-9-7-6-8-10-23;/h6-14,19-21H,15-18H2,1-5H3;1H/t19?,20-,21+;. The Morgan fingerprint density at radius 2 is 1.46 bits per heavy atom. The zero-order valence-electron chi connectivity index (χ0n) is 18.0. The summed E-state index contributed by atoms with van der Waals surface area (Å²) >= 11 is 0. The number of hydrogen-bond acceptors (Lipinski definition) is 2. The van der Waals surface area contributed by atoms with Crippen LogP contribution < -0.4 is 0 Å². The molecule has 0 amide bonds. The van der Waals surface area contributed by atoms with Crippen LogP contribution in [-0.2, 0) is 16.6 Å². The summed E-state index contributed by atoms with van der Waals surface area (Å²) < 4.78 is 5.86. The summed E-state index contributed by atoms with van der Waals surface area (Å²) in [6.45, 7) is 14.6. The number of hydrogen-bond donors (Lipinski definition) is 0. The molecular weight excluding hydrogens is 366 g/mol. The van der Waals surface area contributed by atoms with E-state index in [9.17, 15) is 0 Å². The van der Waals surface area contributed by atoms with E-state index in [1.165, 1.54) is 16.7 Å². The smallest absolute Gasteiger partial charge is 0.0678 e. The topological polar surface area (TPSA) is 12.5 Å². The van der Waals surface area contributed by atoms with Gasteiger partial charge >= 0.3 is 0 Å². The molecule has 0 bridgehead atoms. The SMILES string of the molecule is CC(Cc1ccc(C(C)(C)c2ccccc2)cc1)CN1C[C@@H](C)O[C@@H](C)C1.Cl. The Hall–Kier alpha value is -1.35. The van der Waals surface area contributed by atoms with E-state index >= 15 is 0 Å². The van der Waals surface area contributed by atoms with Gasteiger partial charge in [-0.3, -0.25) is 4.90 Å². The quantitative estimate of drug-likeness (QED) is 0.613. The van der Waals surface area contributed by atoms with Gasteiger partial charge in [0.25, 0.3) is 0 Å². The molecule has 1 fully saturated rings. The number of benzene rings is 2. The average molecular weight is 402 g/mol. The molecule has 2 aromatic rings. The lowest BCUT2D eigenvalue weighted by atomic mass is 9.78. The van der Waals surface area contributed by atoms with Crippen molar-refractivity contribution >= 4 is 12.4 Å². The van der Waals surface area contributed by atoms with Crippen molar-refractivity contribution in [3.8, 4) is 0 Å². The lowest BCUT2D eigenvalue weighted by Gasteiger charge is -2.36.